The second kappa shape index (κ2) is 6.50. The van der Waals surface area contributed by atoms with Gasteiger partial charge in [-0.1, -0.05) is 12.1 Å². The molecule has 1 aromatic carbocycles. The predicted octanol–water partition coefficient (Wildman–Crippen LogP) is 2.37. The standard InChI is InChI=1S/C20H15N5O2/c21-9-13-2-1-3-14(8-13)18(27)15-10-23-19(24-11-15)25-20(6-7-20)16-4-5-17(26)22-12-16/h1-5,8,10-12H,6-7H2,(H,22,26)(H,23,24,25). The Kier molecular flexibility index (Phi) is 4.01. The van der Waals surface area contributed by atoms with E-state index in [1.165, 1.54) is 18.5 Å². The zero-order chi connectivity index (χ0) is 18.9. The number of aromatic amines is 1. The van der Waals surface area contributed by atoms with Crippen molar-refractivity contribution >= 4 is 11.7 Å². The van der Waals surface area contributed by atoms with Crippen LogP contribution in [0.15, 0.2) is 59.8 Å². The van der Waals surface area contributed by atoms with E-state index in [9.17, 15) is 9.59 Å². The molecule has 2 N–H and O–H groups in total. The molecule has 7 nitrogen and oxygen atoms in total. The fourth-order valence-electron chi connectivity index (χ4n) is 2.94. The molecule has 2 heterocycles. The minimum absolute atomic E-state index is 0.144. The molecule has 7 heteroatoms. The van der Waals surface area contributed by atoms with Crippen molar-refractivity contribution in [2.24, 2.45) is 0 Å². The summed E-state index contributed by atoms with van der Waals surface area (Å²) in [7, 11) is 0. The van der Waals surface area contributed by atoms with Gasteiger partial charge < -0.3 is 10.3 Å². The molecule has 132 valence electrons. The van der Waals surface area contributed by atoms with Crippen molar-refractivity contribution < 1.29 is 4.79 Å². The van der Waals surface area contributed by atoms with E-state index in [-0.39, 0.29) is 16.9 Å². The van der Waals surface area contributed by atoms with E-state index in [0.29, 0.717) is 22.6 Å². The number of aromatic nitrogens is 3. The number of nitrogens with zero attached hydrogens (tertiary/aromatic N) is 3. The molecule has 1 aliphatic carbocycles. The number of nitrogens with one attached hydrogen (secondary N) is 2. The number of rotatable bonds is 5. The van der Waals surface area contributed by atoms with Crippen LogP contribution < -0.4 is 10.9 Å². The largest absolute Gasteiger partial charge is 0.345 e. The maximum atomic E-state index is 12.5. The molecule has 1 fully saturated rings. The van der Waals surface area contributed by atoms with Crippen LogP contribution in [0.4, 0.5) is 5.95 Å². The van der Waals surface area contributed by atoms with Crippen LogP contribution in [0.2, 0.25) is 0 Å². The van der Waals surface area contributed by atoms with Crippen molar-refractivity contribution in [3.8, 4) is 6.07 Å². The molecule has 0 radical (unpaired) electrons. The van der Waals surface area contributed by atoms with E-state index in [1.54, 1.807) is 36.5 Å². The molecule has 1 aliphatic rings. The first-order valence-electron chi connectivity index (χ1n) is 8.44. The van der Waals surface area contributed by atoms with Gasteiger partial charge in [0.25, 0.3) is 0 Å². The average Bonchev–Trinajstić information content (AvgIpc) is 3.49. The maximum absolute atomic E-state index is 12.5. The number of hydrogen-bond donors (Lipinski definition) is 2. The Bertz CT molecular complexity index is 1090. The summed E-state index contributed by atoms with van der Waals surface area (Å²) in [6.45, 7) is 0. The third-order valence-electron chi connectivity index (χ3n) is 4.61. The summed E-state index contributed by atoms with van der Waals surface area (Å²) < 4.78 is 0. The lowest BCUT2D eigenvalue weighted by atomic mass is 10.0. The highest BCUT2D eigenvalue weighted by Gasteiger charge is 2.45. The molecule has 0 atom stereocenters. The van der Waals surface area contributed by atoms with Crippen molar-refractivity contribution in [3.05, 3.63) is 87.6 Å². The molecule has 4 rings (SSSR count). The molecule has 0 bridgehead atoms. The number of anilines is 1. The van der Waals surface area contributed by atoms with Gasteiger partial charge in [-0.3, -0.25) is 9.59 Å². The van der Waals surface area contributed by atoms with Gasteiger partial charge in [-0.25, -0.2) is 9.97 Å². The van der Waals surface area contributed by atoms with Crippen LogP contribution in [-0.4, -0.2) is 20.7 Å². The second-order valence-electron chi connectivity index (χ2n) is 6.47. The third-order valence-corrected chi connectivity index (χ3v) is 4.61. The van der Waals surface area contributed by atoms with E-state index in [4.69, 9.17) is 5.26 Å². The summed E-state index contributed by atoms with van der Waals surface area (Å²) in [6, 6.07) is 11.8. The second-order valence-corrected chi connectivity index (χ2v) is 6.47. The summed E-state index contributed by atoms with van der Waals surface area (Å²) in [5.41, 5.74) is 1.75. The molecular formula is C20H15N5O2. The van der Waals surface area contributed by atoms with Crippen molar-refractivity contribution in [1.29, 1.82) is 5.26 Å². The number of nitriles is 1. The summed E-state index contributed by atoms with van der Waals surface area (Å²) in [6.07, 6.45) is 6.45. The summed E-state index contributed by atoms with van der Waals surface area (Å²) in [5.74, 6) is 0.182. The lowest BCUT2D eigenvalue weighted by molar-refractivity contribution is 0.103. The van der Waals surface area contributed by atoms with E-state index >= 15 is 0 Å². The van der Waals surface area contributed by atoms with E-state index in [1.807, 2.05) is 6.07 Å². The molecule has 0 amide bonds. The van der Waals surface area contributed by atoms with Gasteiger partial charge in [-0.05, 0) is 36.6 Å². The molecule has 0 spiro atoms. The number of ketones is 1. The monoisotopic (exact) mass is 357 g/mol. The van der Waals surface area contributed by atoms with E-state index < -0.39 is 0 Å². The van der Waals surface area contributed by atoms with Crippen LogP contribution in [0.1, 0.15) is 39.9 Å². The van der Waals surface area contributed by atoms with Gasteiger partial charge in [0.05, 0.1) is 22.7 Å². The van der Waals surface area contributed by atoms with E-state index in [0.717, 1.165) is 18.4 Å². The van der Waals surface area contributed by atoms with Gasteiger partial charge in [0.15, 0.2) is 5.78 Å². The van der Waals surface area contributed by atoms with Crippen LogP contribution in [0.25, 0.3) is 0 Å². The molecule has 27 heavy (non-hydrogen) atoms. The van der Waals surface area contributed by atoms with Gasteiger partial charge in [0.1, 0.15) is 0 Å². The molecule has 3 aromatic rings. The zero-order valence-corrected chi connectivity index (χ0v) is 14.3. The minimum Gasteiger partial charge on any atom is -0.345 e. The van der Waals surface area contributed by atoms with Crippen molar-refractivity contribution in [1.82, 2.24) is 15.0 Å². The first kappa shape index (κ1) is 16.7. The highest BCUT2D eigenvalue weighted by Crippen LogP contribution is 2.47. The van der Waals surface area contributed by atoms with Crippen LogP contribution in [0.3, 0.4) is 0 Å². The molecule has 1 saturated carbocycles. The van der Waals surface area contributed by atoms with Crippen LogP contribution >= 0.6 is 0 Å². The van der Waals surface area contributed by atoms with Crippen molar-refractivity contribution in [3.63, 3.8) is 0 Å². The number of carbonyl (C=O) groups is 1. The van der Waals surface area contributed by atoms with Crippen molar-refractivity contribution in [2.75, 3.05) is 5.32 Å². The normalized spacial score (nSPS) is 14.2. The lowest BCUT2D eigenvalue weighted by Gasteiger charge is -2.17. The first-order chi connectivity index (χ1) is 13.1. The molecule has 0 saturated heterocycles. The Balaban J connectivity index is 1.52. The van der Waals surface area contributed by atoms with Crippen LogP contribution in [0, 0.1) is 11.3 Å². The summed E-state index contributed by atoms with van der Waals surface area (Å²) in [4.78, 5) is 35.0. The number of hydrogen-bond acceptors (Lipinski definition) is 6. The van der Waals surface area contributed by atoms with Gasteiger partial charge in [-0.2, -0.15) is 5.26 Å². The lowest BCUT2D eigenvalue weighted by Crippen LogP contribution is -2.22. The molecule has 2 aromatic heterocycles. The van der Waals surface area contributed by atoms with Gasteiger partial charge in [-0.15, -0.1) is 0 Å². The summed E-state index contributed by atoms with van der Waals surface area (Å²) >= 11 is 0. The topological polar surface area (TPSA) is 112 Å². The first-order valence-corrected chi connectivity index (χ1v) is 8.44. The van der Waals surface area contributed by atoms with Crippen molar-refractivity contribution in [2.45, 2.75) is 18.4 Å². The van der Waals surface area contributed by atoms with Gasteiger partial charge in [0.2, 0.25) is 11.5 Å². The molecular weight excluding hydrogens is 342 g/mol. The highest BCUT2D eigenvalue weighted by molar-refractivity contribution is 6.08. The Morgan fingerprint density at radius 1 is 1.15 bits per heavy atom. The predicted molar refractivity (Wildman–Crippen MR) is 98.2 cm³/mol. The quantitative estimate of drug-likeness (QED) is 0.678. The molecule has 0 unspecified atom stereocenters. The van der Waals surface area contributed by atoms with E-state index in [2.05, 4.69) is 20.3 Å². The smallest absolute Gasteiger partial charge is 0.247 e. The Hall–Kier alpha value is -3.79. The Morgan fingerprint density at radius 2 is 1.93 bits per heavy atom. The number of H-pyrrole nitrogens is 1. The van der Waals surface area contributed by atoms with Crippen LogP contribution in [0.5, 0.6) is 0 Å². The van der Waals surface area contributed by atoms with Gasteiger partial charge in [0, 0.05) is 30.2 Å². The third kappa shape index (κ3) is 3.33. The number of benzene rings is 1. The molecule has 0 aliphatic heterocycles. The minimum atomic E-state index is -0.281. The maximum Gasteiger partial charge on any atom is 0.247 e. The van der Waals surface area contributed by atoms with Gasteiger partial charge >= 0.3 is 0 Å². The zero-order valence-electron chi connectivity index (χ0n) is 14.3. The average molecular weight is 357 g/mol. The number of carbonyl (C=O) groups excluding carboxylic acids is 1. The van der Waals surface area contributed by atoms with Crippen LogP contribution in [-0.2, 0) is 5.54 Å². The Morgan fingerprint density at radius 3 is 2.56 bits per heavy atom. The fraction of sp³-hybridized carbons (Fsp3) is 0.150. The SMILES string of the molecule is N#Cc1cccc(C(=O)c2cnc(NC3(c4ccc(=O)[nH]c4)CC3)nc2)c1. The highest BCUT2D eigenvalue weighted by atomic mass is 16.1. The summed E-state index contributed by atoms with van der Waals surface area (Å²) in [5, 5.41) is 12.3. The number of pyridine rings is 1. The Labute approximate surface area is 154 Å². The fourth-order valence-corrected chi connectivity index (χ4v) is 2.94.